The predicted molar refractivity (Wildman–Crippen MR) is 91.2 cm³/mol. The van der Waals surface area contributed by atoms with E-state index in [1.165, 1.54) is 0 Å². The van der Waals surface area contributed by atoms with Gasteiger partial charge in [0.25, 0.3) is 0 Å². The molecule has 0 unspecified atom stereocenters. The maximum Gasteiger partial charge on any atom is 0.219 e. The van der Waals surface area contributed by atoms with Gasteiger partial charge in [-0.25, -0.2) is 0 Å². The molecule has 132 valence electrons. The van der Waals surface area contributed by atoms with Crippen molar-refractivity contribution in [2.45, 2.75) is 50.7 Å². The number of hydrogen-bond donors (Lipinski definition) is 1. The number of likely N-dealkylation sites (tertiary alicyclic amines) is 1. The van der Waals surface area contributed by atoms with E-state index >= 15 is 0 Å². The van der Waals surface area contributed by atoms with Crippen molar-refractivity contribution in [1.82, 2.24) is 4.90 Å². The maximum atomic E-state index is 12.3. The number of benzene rings is 1. The summed E-state index contributed by atoms with van der Waals surface area (Å²) in [6.45, 7) is 2.18. The Bertz CT molecular complexity index is 617. The Morgan fingerprint density at radius 2 is 2.04 bits per heavy atom. The van der Waals surface area contributed by atoms with Crippen LogP contribution in [0.3, 0.4) is 0 Å². The zero-order valence-electron chi connectivity index (χ0n) is 14.7. The van der Waals surface area contributed by atoms with Crippen molar-refractivity contribution in [3.63, 3.8) is 0 Å². The van der Waals surface area contributed by atoms with Crippen LogP contribution in [-0.4, -0.2) is 42.3 Å². The van der Waals surface area contributed by atoms with Gasteiger partial charge < -0.3 is 19.5 Å². The minimum atomic E-state index is -0.692. The number of fused-ring (bicyclic) bond motifs is 1. The molecular weight excluding hydrogens is 306 g/mol. The van der Waals surface area contributed by atoms with E-state index in [1.807, 2.05) is 23.1 Å². The number of amides is 1. The zero-order chi connectivity index (χ0) is 17.3. The summed E-state index contributed by atoms with van der Waals surface area (Å²) < 4.78 is 10.9. The number of rotatable bonds is 3. The Hall–Kier alpha value is -1.75. The lowest BCUT2D eigenvalue weighted by atomic mass is 9.66. The molecule has 1 saturated heterocycles. The van der Waals surface area contributed by atoms with Gasteiger partial charge in [0.1, 0.15) is 11.5 Å². The molecule has 3 atom stereocenters. The van der Waals surface area contributed by atoms with E-state index in [2.05, 4.69) is 0 Å². The molecule has 1 aromatic carbocycles. The molecule has 0 aromatic heterocycles. The molecule has 1 heterocycles. The second kappa shape index (κ2) is 6.63. The first-order chi connectivity index (χ1) is 11.5. The first kappa shape index (κ1) is 17.1. The fourth-order valence-corrected chi connectivity index (χ4v) is 4.49. The normalized spacial score (nSPS) is 29.8. The Morgan fingerprint density at radius 1 is 1.25 bits per heavy atom. The summed E-state index contributed by atoms with van der Waals surface area (Å²) >= 11 is 0. The molecule has 0 spiro atoms. The van der Waals surface area contributed by atoms with E-state index in [-0.39, 0.29) is 17.9 Å². The molecule has 1 aliphatic heterocycles. The van der Waals surface area contributed by atoms with Gasteiger partial charge in [0.05, 0.1) is 25.9 Å². The number of ether oxygens (including phenoxy) is 2. The number of carbonyl (C=O) groups excluding carboxylic acids is 1. The smallest absolute Gasteiger partial charge is 0.219 e. The van der Waals surface area contributed by atoms with E-state index < -0.39 is 5.60 Å². The van der Waals surface area contributed by atoms with Crippen molar-refractivity contribution >= 4 is 5.91 Å². The van der Waals surface area contributed by atoms with Crippen LogP contribution >= 0.6 is 0 Å². The monoisotopic (exact) mass is 333 g/mol. The van der Waals surface area contributed by atoms with Crippen molar-refractivity contribution < 1.29 is 19.4 Å². The Kier molecular flexibility index (Phi) is 4.72. The van der Waals surface area contributed by atoms with Gasteiger partial charge in [0.15, 0.2) is 0 Å². The van der Waals surface area contributed by atoms with Crippen molar-refractivity contribution in [3.8, 4) is 11.5 Å². The van der Waals surface area contributed by atoms with Gasteiger partial charge in [-0.2, -0.15) is 0 Å². The fraction of sp³-hybridized carbons (Fsp3) is 0.632. The quantitative estimate of drug-likeness (QED) is 0.924. The third-order valence-electron chi connectivity index (χ3n) is 5.73. The van der Waals surface area contributed by atoms with Crippen LogP contribution in [0.4, 0.5) is 0 Å². The first-order valence-corrected chi connectivity index (χ1v) is 8.71. The lowest BCUT2D eigenvalue weighted by molar-refractivity contribution is -0.153. The van der Waals surface area contributed by atoms with Crippen LogP contribution in [0.15, 0.2) is 18.2 Å². The van der Waals surface area contributed by atoms with E-state index in [1.54, 1.807) is 21.1 Å². The van der Waals surface area contributed by atoms with Crippen LogP contribution in [0.1, 0.15) is 50.6 Å². The van der Waals surface area contributed by atoms with Crippen LogP contribution in [0.5, 0.6) is 11.5 Å². The van der Waals surface area contributed by atoms with Crippen molar-refractivity contribution in [2.24, 2.45) is 5.92 Å². The van der Waals surface area contributed by atoms with Crippen LogP contribution in [-0.2, 0) is 4.79 Å². The highest BCUT2D eigenvalue weighted by Crippen LogP contribution is 2.51. The van der Waals surface area contributed by atoms with E-state index in [0.29, 0.717) is 13.0 Å². The van der Waals surface area contributed by atoms with Crippen LogP contribution in [0, 0.1) is 5.92 Å². The third kappa shape index (κ3) is 2.86. The van der Waals surface area contributed by atoms with Crippen molar-refractivity contribution in [3.05, 3.63) is 23.8 Å². The Morgan fingerprint density at radius 3 is 2.71 bits per heavy atom. The second-order valence-corrected chi connectivity index (χ2v) is 6.97. The summed E-state index contributed by atoms with van der Waals surface area (Å²) in [5.74, 6) is 1.54. The average Bonchev–Trinajstić information content (AvgIpc) is 2.59. The summed E-state index contributed by atoms with van der Waals surface area (Å²) in [4.78, 5) is 14.2. The lowest BCUT2D eigenvalue weighted by Crippen LogP contribution is -2.55. The Balaban J connectivity index is 2.10. The minimum absolute atomic E-state index is 0.0323. The lowest BCUT2D eigenvalue weighted by Gasteiger charge is -2.52. The zero-order valence-corrected chi connectivity index (χ0v) is 14.7. The molecule has 0 radical (unpaired) electrons. The van der Waals surface area contributed by atoms with Gasteiger partial charge in [-0.15, -0.1) is 0 Å². The molecule has 3 rings (SSSR count). The number of aliphatic hydroxyl groups is 1. The number of nitrogens with zero attached hydrogens (tertiary/aromatic N) is 1. The third-order valence-corrected chi connectivity index (χ3v) is 5.73. The molecule has 1 aliphatic carbocycles. The summed E-state index contributed by atoms with van der Waals surface area (Å²) in [7, 11) is 3.27. The predicted octanol–water partition coefficient (Wildman–Crippen LogP) is 2.92. The van der Waals surface area contributed by atoms with Gasteiger partial charge >= 0.3 is 0 Å². The first-order valence-electron chi connectivity index (χ1n) is 8.71. The Labute approximate surface area is 143 Å². The highest BCUT2D eigenvalue weighted by Gasteiger charge is 2.50. The van der Waals surface area contributed by atoms with E-state index in [9.17, 15) is 9.90 Å². The van der Waals surface area contributed by atoms with Gasteiger partial charge in [-0.05, 0) is 37.5 Å². The van der Waals surface area contributed by atoms with Crippen LogP contribution < -0.4 is 9.47 Å². The highest BCUT2D eigenvalue weighted by atomic mass is 16.5. The van der Waals surface area contributed by atoms with E-state index in [0.717, 1.165) is 42.7 Å². The number of carbonyl (C=O) groups is 1. The fourth-order valence-electron chi connectivity index (χ4n) is 4.49. The molecule has 1 amide bonds. The van der Waals surface area contributed by atoms with Crippen LogP contribution in [0.2, 0.25) is 0 Å². The average molecular weight is 333 g/mol. The molecule has 1 aromatic rings. The topological polar surface area (TPSA) is 59.0 Å². The van der Waals surface area contributed by atoms with Crippen molar-refractivity contribution in [2.75, 3.05) is 20.8 Å². The molecule has 0 bridgehead atoms. The molecule has 1 N–H and O–H groups in total. The number of methoxy groups -OCH3 is 2. The second-order valence-electron chi connectivity index (χ2n) is 6.97. The number of hydrogen-bond acceptors (Lipinski definition) is 4. The minimum Gasteiger partial charge on any atom is -0.497 e. The molecule has 5 heteroatoms. The maximum absolute atomic E-state index is 12.3. The molecule has 2 fully saturated rings. The largest absolute Gasteiger partial charge is 0.497 e. The van der Waals surface area contributed by atoms with Crippen molar-refractivity contribution in [1.29, 1.82) is 0 Å². The summed E-state index contributed by atoms with van der Waals surface area (Å²) in [6.07, 6.45) is 4.52. The summed E-state index contributed by atoms with van der Waals surface area (Å²) in [5, 5.41) is 11.2. The van der Waals surface area contributed by atoms with Gasteiger partial charge in [-0.1, -0.05) is 12.8 Å². The standard InChI is InChI=1S/C19H27NO4/c1-13(21)20-11-10-19(22)9-5-4-6-16(19)18(20)15-12-14(23-2)7-8-17(15)24-3/h7-8,12,16,18,22H,4-6,9-11H2,1-3H3/t16-,18-,19-/m0/s1. The molecular formula is C19H27NO4. The molecule has 2 aliphatic rings. The van der Waals surface area contributed by atoms with E-state index in [4.69, 9.17) is 9.47 Å². The SMILES string of the molecule is COc1ccc(OC)c([C@H]2[C@@H]3CCCC[C@]3(O)CCN2C(C)=O)c1. The molecule has 1 saturated carbocycles. The van der Waals surface area contributed by atoms with Gasteiger partial charge in [0.2, 0.25) is 5.91 Å². The van der Waals surface area contributed by atoms with Gasteiger partial charge in [0, 0.05) is 24.9 Å². The molecule has 24 heavy (non-hydrogen) atoms. The van der Waals surface area contributed by atoms with Gasteiger partial charge in [-0.3, -0.25) is 4.79 Å². The number of piperidine rings is 1. The summed E-state index contributed by atoms with van der Waals surface area (Å²) in [6, 6.07) is 5.51. The highest BCUT2D eigenvalue weighted by molar-refractivity contribution is 5.74. The molecule has 5 nitrogen and oxygen atoms in total. The summed E-state index contributed by atoms with van der Waals surface area (Å²) in [5.41, 5.74) is 0.236. The van der Waals surface area contributed by atoms with Crippen LogP contribution in [0.25, 0.3) is 0 Å².